The molecule has 1 aliphatic rings. The Morgan fingerprint density at radius 3 is 2.43 bits per heavy atom. The SMILES string of the molecule is C=C1C[C@H](c2ccc(OC)cc2)N(C(=O)OC(C)(C)C)C1. The first-order valence-corrected chi connectivity index (χ1v) is 7.10. The Balaban J connectivity index is 2.19. The van der Waals surface area contributed by atoms with Gasteiger partial charge in [0.1, 0.15) is 11.4 Å². The minimum absolute atomic E-state index is 0.0155. The van der Waals surface area contributed by atoms with E-state index in [9.17, 15) is 4.79 Å². The highest BCUT2D eigenvalue weighted by molar-refractivity contribution is 5.70. The number of hydrogen-bond donors (Lipinski definition) is 0. The number of methoxy groups -OCH3 is 1. The zero-order valence-corrected chi connectivity index (χ0v) is 13.2. The van der Waals surface area contributed by atoms with E-state index in [1.165, 1.54) is 0 Å². The number of rotatable bonds is 2. The molecule has 0 bridgehead atoms. The summed E-state index contributed by atoms with van der Waals surface area (Å²) in [6, 6.07) is 7.77. The summed E-state index contributed by atoms with van der Waals surface area (Å²) in [5, 5.41) is 0. The lowest BCUT2D eigenvalue weighted by atomic mass is 10.0. The molecular weight excluding hydrogens is 266 g/mol. The molecule has 0 radical (unpaired) electrons. The van der Waals surface area contributed by atoms with Gasteiger partial charge in [-0.05, 0) is 44.9 Å². The fraction of sp³-hybridized carbons (Fsp3) is 0.471. The summed E-state index contributed by atoms with van der Waals surface area (Å²) in [7, 11) is 1.64. The van der Waals surface area contributed by atoms with E-state index in [2.05, 4.69) is 6.58 Å². The first-order valence-electron chi connectivity index (χ1n) is 7.10. The second-order valence-electron chi connectivity index (χ2n) is 6.35. The number of amides is 1. The summed E-state index contributed by atoms with van der Waals surface area (Å²) in [4.78, 5) is 14.1. The number of nitrogens with zero attached hydrogens (tertiary/aromatic N) is 1. The van der Waals surface area contributed by atoms with Gasteiger partial charge in [0.2, 0.25) is 0 Å². The molecule has 1 amide bonds. The summed E-state index contributed by atoms with van der Waals surface area (Å²) < 4.78 is 10.7. The first kappa shape index (κ1) is 15.4. The molecule has 21 heavy (non-hydrogen) atoms. The van der Waals surface area contributed by atoms with Gasteiger partial charge in [0.15, 0.2) is 0 Å². The molecule has 1 aromatic carbocycles. The molecule has 0 aromatic heterocycles. The Hall–Kier alpha value is -1.97. The monoisotopic (exact) mass is 289 g/mol. The number of carbonyl (C=O) groups is 1. The maximum absolute atomic E-state index is 12.4. The van der Waals surface area contributed by atoms with E-state index in [0.29, 0.717) is 6.54 Å². The van der Waals surface area contributed by atoms with Gasteiger partial charge in [-0.25, -0.2) is 4.79 Å². The molecular formula is C17H23NO3. The fourth-order valence-corrected chi connectivity index (χ4v) is 2.44. The third kappa shape index (κ3) is 3.78. The molecule has 1 heterocycles. The van der Waals surface area contributed by atoms with Crippen LogP contribution in [-0.2, 0) is 4.74 Å². The molecule has 1 saturated heterocycles. The van der Waals surface area contributed by atoms with Crippen molar-refractivity contribution in [1.82, 2.24) is 4.90 Å². The molecule has 1 fully saturated rings. The second kappa shape index (κ2) is 5.80. The van der Waals surface area contributed by atoms with Gasteiger partial charge < -0.3 is 9.47 Å². The smallest absolute Gasteiger partial charge is 0.411 e. The predicted molar refractivity (Wildman–Crippen MR) is 82.4 cm³/mol. The maximum atomic E-state index is 12.4. The van der Waals surface area contributed by atoms with Crippen molar-refractivity contribution in [2.24, 2.45) is 0 Å². The van der Waals surface area contributed by atoms with Gasteiger partial charge in [-0.1, -0.05) is 24.3 Å². The van der Waals surface area contributed by atoms with E-state index < -0.39 is 5.60 Å². The van der Waals surface area contributed by atoms with Crippen LogP contribution in [0.25, 0.3) is 0 Å². The van der Waals surface area contributed by atoms with E-state index in [4.69, 9.17) is 9.47 Å². The molecule has 4 heteroatoms. The topological polar surface area (TPSA) is 38.8 Å². The third-order valence-electron chi connectivity index (χ3n) is 3.38. The Morgan fingerprint density at radius 1 is 1.29 bits per heavy atom. The van der Waals surface area contributed by atoms with Crippen LogP contribution in [-0.4, -0.2) is 30.2 Å². The molecule has 2 rings (SSSR count). The summed E-state index contributed by atoms with van der Waals surface area (Å²) in [6.07, 6.45) is 0.480. The maximum Gasteiger partial charge on any atom is 0.411 e. The number of benzene rings is 1. The van der Waals surface area contributed by atoms with Crippen molar-refractivity contribution in [3.63, 3.8) is 0 Å². The summed E-state index contributed by atoms with van der Waals surface area (Å²) in [5.41, 5.74) is 1.62. The van der Waals surface area contributed by atoms with E-state index in [-0.39, 0.29) is 12.1 Å². The Bertz CT molecular complexity index is 528. The Labute approximate surface area is 126 Å². The molecule has 0 spiro atoms. The minimum Gasteiger partial charge on any atom is -0.497 e. The quantitative estimate of drug-likeness (QED) is 0.774. The molecule has 0 saturated carbocycles. The van der Waals surface area contributed by atoms with Gasteiger partial charge in [-0.15, -0.1) is 0 Å². The lowest BCUT2D eigenvalue weighted by molar-refractivity contribution is 0.0227. The number of ether oxygens (including phenoxy) is 2. The first-order chi connectivity index (χ1) is 9.80. The van der Waals surface area contributed by atoms with Gasteiger partial charge >= 0.3 is 6.09 Å². The fourth-order valence-electron chi connectivity index (χ4n) is 2.44. The van der Waals surface area contributed by atoms with Crippen LogP contribution in [0.2, 0.25) is 0 Å². The van der Waals surface area contributed by atoms with Crippen molar-refractivity contribution in [1.29, 1.82) is 0 Å². The lowest BCUT2D eigenvalue weighted by Gasteiger charge is -2.28. The highest BCUT2D eigenvalue weighted by atomic mass is 16.6. The van der Waals surface area contributed by atoms with Crippen molar-refractivity contribution in [3.8, 4) is 5.75 Å². The summed E-state index contributed by atoms with van der Waals surface area (Å²) in [6.45, 7) is 10.2. The zero-order valence-electron chi connectivity index (χ0n) is 13.2. The van der Waals surface area contributed by atoms with Crippen LogP contribution in [0.3, 0.4) is 0 Å². The Kier molecular flexibility index (Phi) is 4.26. The highest BCUT2D eigenvalue weighted by Crippen LogP contribution is 2.36. The average molecular weight is 289 g/mol. The van der Waals surface area contributed by atoms with Crippen molar-refractivity contribution in [2.45, 2.75) is 38.8 Å². The van der Waals surface area contributed by atoms with Crippen LogP contribution >= 0.6 is 0 Å². The molecule has 4 nitrogen and oxygen atoms in total. The van der Waals surface area contributed by atoms with E-state index >= 15 is 0 Å². The number of likely N-dealkylation sites (tertiary alicyclic amines) is 1. The van der Waals surface area contributed by atoms with Gasteiger partial charge in [0.05, 0.1) is 13.2 Å². The van der Waals surface area contributed by atoms with Gasteiger partial charge in [-0.3, -0.25) is 4.90 Å². The molecule has 0 unspecified atom stereocenters. The zero-order chi connectivity index (χ0) is 15.6. The van der Waals surface area contributed by atoms with E-state index in [1.807, 2.05) is 45.0 Å². The van der Waals surface area contributed by atoms with Crippen LogP contribution < -0.4 is 4.74 Å². The molecule has 1 aliphatic heterocycles. The molecule has 1 aromatic rings. The molecule has 0 N–H and O–H groups in total. The van der Waals surface area contributed by atoms with Crippen molar-refractivity contribution in [3.05, 3.63) is 42.0 Å². The molecule has 0 aliphatic carbocycles. The van der Waals surface area contributed by atoms with Crippen LogP contribution in [0.5, 0.6) is 5.75 Å². The average Bonchev–Trinajstić information content (AvgIpc) is 2.79. The van der Waals surface area contributed by atoms with Gasteiger partial charge in [0.25, 0.3) is 0 Å². The van der Waals surface area contributed by atoms with E-state index in [1.54, 1.807) is 12.0 Å². The normalized spacial score (nSPS) is 18.8. The lowest BCUT2D eigenvalue weighted by Crippen LogP contribution is -2.36. The van der Waals surface area contributed by atoms with Crippen molar-refractivity contribution < 1.29 is 14.3 Å². The highest BCUT2D eigenvalue weighted by Gasteiger charge is 2.34. The predicted octanol–water partition coefficient (Wildman–Crippen LogP) is 3.93. The summed E-state index contributed by atoms with van der Waals surface area (Å²) >= 11 is 0. The molecule has 114 valence electrons. The minimum atomic E-state index is -0.495. The Morgan fingerprint density at radius 2 is 1.90 bits per heavy atom. The number of carbonyl (C=O) groups excluding carboxylic acids is 1. The second-order valence-corrected chi connectivity index (χ2v) is 6.35. The van der Waals surface area contributed by atoms with Crippen LogP contribution in [0.15, 0.2) is 36.4 Å². The number of hydrogen-bond acceptors (Lipinski definition) is 3. The van der Waals surface area contributed by atoms with Crippen molar-refractivity contribution >= 4 is 6.09 Å². The standard InChI is InChI=1S/C17H23NO3/c1-12-10-15(13-6-8-14(20-5)9-7-13)18(11-12)16(19)21-17(2,3)4/h6-9,15H,1,10-11H2,2-5H3/t15-/m1/s1. The van der Waals surface area contributed by atoms with Crippen LogP contribution in [0.1, 0.15) is 38.8 Å². The van der Waals surface area contributed by atoms with Crippen LogP contribution in [0.4, 0.5) is 4.79 Å². The summed E-state index contributed by atoms with van der Waals surface area (Å²) in [5.74, 6) is 0.805. The van der Waals surface area contributed by atoms with Gasteiger partial charge in [-0.2, -0.15) is 0 Å². The molecule has 1 atom stereocenters. The van der Waals surface area contributed by atoms with E-state index in [0.717, 1.165) is 23.3 Å². The van der Waals surface area contributed by atoms with Gasteiger partial charge in [0, 0.05) is 6.54 Å². The largest absolute Gasteiger partial charge is 0.497 e. The van der Waals surface area contributed by atoms with Crippen LogP contribution in [0, 0.1) is 0 Å². The van der Waals surface area contributed by atoms with Crippen molar-refractivity contribution in [2.75, 3.05) is 13.7 Å². The third-order valence-corrected chi connectivity index (χ3v) is 3.38.